The monoisotopic (exact) mass is 322 g/mol. The summed E-state index contributed by atoms with van der Waals surface area (Å²) >= 11 is 5.56. The molecule has 0 radical (unpaired) electrons. The van der Waals surface area contributed by atoms with E-state index in [1.807, 2.05) is 6.92 Å². The molecule has 1 heterocycles. The molecule has 0 saturated carbocycles. The zero-order valence-corrected chi connectivity index (χ0v) is 11.9. The highest BCUT2D eigenvalue weighted by Gasteiger charge is 2.35. The number of benzene rings is 1. The topological polar surface area (TPSA) is 50.4 Å². The summed E-state index contributed by atoms with van der Waals surface area (Å²) in [5, 5.41) is 5.14. The van der Waals surface area contributed by atoms with E-state index in [0.717, 1.165) is 12.1 Å². The van der Waals surface area contributed by atoms with Gasteiger partial charge in [-0.3, -0.25) is 4.79 Å². The Labute approximate surface area is 124 Å². The van der Waals surface area contributed by atoms with Gasteiger partial charge in [0.25, 0.3) is 0 Å². The van der Waals surface area contributed by atoms with E-state index in [0.29, 0.717) is 13.1 Å². The fourth-order valence-electron chi connectivity index (χ4n) is 1.87. The fourth-order valence-corrected chi connectivity index (χ4v) is 2.04. The van der Waals surface area contributed by atoms with Crippen LogP contribution in [0.15, 0.2) is 18.2 Å². The van der Waals surface area contributed by atoms with E-state index in [1.54, 1.807) is 0 Å². The van der Waals surface area contributed by atoms with Gasteiger partial charge in [0.15, 0.2) is 0 Å². The number of amides is 1. The van der Waals surface area contributed by atoms with Crippen molar-refractivity contribution in [1.82, 2.24) is 5.32 Å². The molecular weight excluding hydrogens is 309 g/mol. The molecular formula is C13H14ClF3N2O2. The molecule has 1 amide bonds. The Morgan fingerprint density at radius 1 is 1.48 bits per heavy atom. The van der Waals surface area contributed by atoms with Crippen LogP contribution < -0.4 is 10.6 Å². The van der Waals surface area contributed by atoms with Crippen LogP contribution in [0.25, 0.3) is 0 Å². The van der Waals surface area contributed by atoms with Gasteiger partial charge < -0.3 is 15.4 Å². The Balaban J connectivity index is 2.03. The summed E-state index contributed by atoms with van der Waals surface area (Å²) in [4.78, 5) is 11.7. The average Bonchev–Trinajstić information content (AvgIpc) is 2.35. The van der Waals surface area contributed by atoms with Crippen LogP contribution in [0.3, 0.4) is 0 Å². The highest BCUT2D eigenvalue weighted by atomic mass is 35.5. The highest BCUT2D eigenvalue weighted by Crippen LogP contribution is 2.36. The van der Waals surface area contributed by atoms with E-state index in [-0.39, 0.29) is 17.3 Å². The van der Waals surface area contributed by atoms with Crippen LogP contribution in [0.5, 0.6) is 0 Å². The molecule has 2 rings (SSSR count). The van der Waals surface area contributed by atoms with Crippen molar-refractivity contribution in [3.63, 3.8) is 0 Å². The molecule has 1 saturated heterocycles. The number of rotatable bonds is 4. The Morgan fingerprint density at radius 2 is 2.14 bits per heavy atom. The molecule has 0 aliphatic carbocycles. The Hall–Kier alpha value is -1.31. The third-order valence-corrected chi connectivity index (χ3v) is 3.35. The molecule has 0 unspecified atom stereocenters. The van der Waals surface area contributed by atoms with Crippen LogP contribution >= 0.6 is 11.6 Å². The molecule has 116 valence electrons. The first-order valence-electron chi connectivity index (χ1n) is 6.21. The van der Waals surface area contributed by atoms with Crippen molar-refractivity contribution in [3.8, 4) is 0 Å². The highest BCUT2D eigenvalue weighted by molar-refractivity contribution is 6.30. The lowest BCUT2D eigenvalue weighted by atomic mass is 10.0. The summed E-state index contributed by atoms with van der Waals surface area (Å²) in [6.45, 7) is 2.72. The molecule has 1 aliphatic rings. The fraction of sp³-hybridized carbons (Fsp3) is 0.462. The van der Waals surface area contributed by atoms with Crippen molar-refractivity contribution in [2.24, 2.45) is 0 Å². The summed E-state index contributed by atoms with van der Waals surface area (Å²) in [5.74, 6) is -0.643. The average molecular weight is 323 g/mol. The number of ether oxygens (including phenoxy) is 1. The lowest BCUT2D eigenvalue weighted by Gasteiger charge is -2.38. The van der Waals surface area contributed by atoms with Crippen LogP contribution in [0.1, 0.15) is 12.5 Å². The molecule has 0 atom stereocenters. The maximum absolute atomic E-state index is 12.9. The summed E-state index contributed by atoms with van der Waals surface area (Å²) in [6.07, 6.45) is -4.60. The quantitative estimate of drug-likeness (QED) is 0.896. The van der Waals surface area contributed by atoms with Crippen molar-refractivity contribution in [2.75, 3.05) is 25.0 Å². The number of anilines is 1. The minimum Gasteiger partial charge on any atom is -0.363 e. The van der Waals surface area contributed by atoms with Gasteiger partial charge in [-0.2, -0.15) is 13.2 Å². The van der Waals surface area contributed by atoms with E-state index in [1.165, 1.54) is 6.07 Å². The molecule has 1 aromatic rings. The molecule has 1 aliphatic heterocycles. The van der Waals surface area contributed by atoms with Crippen LogP contribution in [-0.2, 0) is 15.7 Å². The normalized spacial score (nSPS) is 17.2. The Kier molecular flexibility index (Phi) is 4.46. The molecule has 21 heavy (non-hydrogen) atoms. The minimum absolute atomic E-state index is 0.0513. The van der Waals surface area contributed by atoms with Crippen molar-refractivity contribution < 1.29 is 22.7 Å². The largest absolute Gasteiger partial charge is 0.418 e. The van der Waals surface area contributed by atoms with E-state index in [9.17, 15) is 18.0 Å². The molecule has 1 fully saturated rings. The smallest absolute Gasteiger partial charge is 0.363 e. The molecule has 2 N–H and O–H groups in total. The number of halogens is 4. The van der Waals surface area contributed by atoms with Gasteiger partial charge in [-0.1, -0.05) is 11.6 Å². The van der Waals surface area contributed by atoms with Crippen molar-refractivity contribution in [3.05, 3.63) is 28.8 Å². The molecule has 0 aromatic heterocycles. The van der Waals surface area contributed by atoms with Crippen LogP contribution in [0.4, 0.5) is 18.9 Å². The molecule has 0 bridgehead atoms. The number of alkyl halides is 3. The van der Waals surface area contributed by atoms with Crippen LogP contribution in [0, 0.1) is 0 Å². The lowest BCUT2D eigenvalue weighted by molar-refractivity contribution is -0.137. The second-order valence-electron chi connectivity index (χ2n) is 5.08. The molecule has 1 aromatic carbocycles. The van der Waals surface area contributed by atoms with Gasteiger partial charge in [-0.05, 0) is 25.1 Å². The zero-order valence-electron chi connectivity index (χ0n) is 11.2. The Bertz CT molecular complexity index is 545. The maximum Gasteiger partial charge on any atom is 0.418 e. The van der Waals surface area contributed by atoms with Crippen molar-refractivity contribution in [1.29, 1.82) is 0 Å². The second-order valence-corrected chi connectivity index (χ2v) is 5.51. The number of carbonyl (C=O) groups excluding carboxylic acids is 1. The number of carbonyl (C=O) groups is 1. The van der Waals surface area contributed by atoms with Gasteiger partial charge in [0.1, 0.15) is 6.61 Å². The van der Waals surface area contributed by atoms with Gasteiger partial charge in [-0.25, -0.2) is 0 Å². The SMILES string of the molecule is CC1(OCC(=O)Nc2ccc(Cl)cc2C(F)(F)F)CNC1. The van der Waals surface area contributed by atoms with Gasteiger partial charge in [0.05, 0.1) is 16.9 Å². The first kappa shape index (κ1) is 16.1. The summed E-state index contributed by atoms with van der Waals surface area (Å²) in [7, 11) is 0. The van der Waals surface area contributed by atoms with E-state index >= 15 is 0 Å². The maximum atomic E-state index is 12.9. The molecule has 4 nitrogen and oxygen atoms in total. The number of hydrogen-bond acceptors (Lipinski definition) is 3. The van der Waals surface area contributed by atoms with Gasteiger partial charge >= 0.3 is 6.18 Å². The predicted molar refractivity (Wildman–Crippen MR) is 72.3 cm³/mol. The summed E-state index contributed by atoms with van der Waals surface area (Å²) in [5.41, 5.74) is -1.76. The summed E-state index contributed by atoms with van der Waals surface area (Å²) in [6, 6.07) is 3.18. The van der Waals surface area contributed by atoms with Crippen LogP contribution in [-0.4, -0.2) is 31.2 Å². The van der Waals surface area contributed by atoms with E-state index in [2.05, 4.69) is 10.6 Å². The van der Waals surface area contributed by atoms with Gasteiger partial charge in [0, 0.05) is 18.1 Å². The molecule has 8 heteroatoms. The zero-order chi connectivity index (χ0) is 15.7. The Morgan fingerprint density at radius 3 is 2.67 bits per heavy atom. The third-order valence-electron chi connectivity index (χ3n) is 3.11. The van der Waals surface area contributed by atoms with E-state index in [4.69, 9.17) is 16.3 Å². The standard InChI is InChI=1S/C13H14ClF3N2O2/c1-12(6-18-7-12)21-5-11(20)19-10-3-2-8(14)4-9(10)13(15,16)17/h2-4,18H,5-7H2,1H3,(H,19,20). The van der Waals surface area contributed by atoms with Gasteiger partial charge in [-0.15, -0.1) is 0 Å². The van der Waals surface area contributed by atoms with Crippen LogP contribution in [0.2, 0.25) is 5.02 Å². The second kappa shape index (κ2) is 5.82. The van der Waals surface area contributed by atoms with Crippen molar-refractivity contribution in [2.45, 2.75) is 18.7 Å². The van der Waals surface area contributed by atoms with Crippen molar-refractivity contribution >= 4 is 23.2 Å². The molecule has 0 spiro atoms. The van der Waals surface area contributed by atoms with E-state index < -0.39 is 23.2 Å². The predicted octanol–water partition coefficient (Wildman–Crippen LogP) is 2.68. The number of hydrogen-bond donors (Lipinski definition) is 2. The first-order chi connectivity index (χ1) is 9.70. The third kappa shape index (κ3) is 4.09. The summed E-state index contributed by atoms with van der Waals surface area (Å²) < 4.78 is 44.0. The minimum atomic E-state index is -4.60. The number of nitrogens with one attached hydrogen (secondary N) is 2. The van der Waals surface area contributed by atoms with Gasteiger partial charge in [0.2, 0.25) is 5.91 Å². The first-order valence-corrected chi connectivity index (χ1v) is 6.59. The lowest BCUT2D eigenvalue weighted by Crippen LogP contribution is -2.59.